The highest BCUT2D eigenvalue weighted by molar-refractivity contribution is 6.20. The number of ether oxygens (including phenoxy) is 1. The smallest absolute Gasteiger partial charge is 0.331 e. The summed E-state index contributed by atoms with van der Waals surface area (Å²) in [6, 6.07) is 0. The number of esters is 1. The van der Waals surface area contributed by atoms with Crippen molar-refractivity contribution in [3.63, 3.8) is 0 Å². The Hall–Kier alpha value is -0.760. The largest absolute Gasteiger partial charge is 0.461 e. The Morgan fingerprint density at radius 3 is 2.41 bits per heavy atom. The fourth-order valence-corrected chi connectivity index (χ4v) is 2.16. The molecule has 0 aromatic rings. The number of alkyl halides is 1. The van der Waals surface area contributed by atoms with Crippen LogP contribution in [-0.4, -0.2) is 18.0 Å². The first kappa shape index (κ1) is 21.2. The number of carbonyl (C=O) groups is 1. The Morgan fingerprint density at radius 2 is 1.82 bits per heavy atom. The fraction of sp³-hybridized carbons (Fsp3) is 0.737. The molecule has 2 nitrogen and oxygen atoms in total. The molecule has 0 aliphatic heterocycles. The first-order chi connectivity index (χ1) is 10.3. The van der Waals surface area contributed by atoms with Gasteiger partial charge < -0.3 is 4.74 Å². The molecule has 0 amide bonds. The molecule has 3 heteroatoms. The predicted molar refractivity (Wildman–Crippen MR) is 96.3 cm³/mol. The molecule has 0 aromatic heterocycles. The van der Waals surface area contributed by atoms with Gasteiger partial charge in [-0.2, -0.15) is 0 Å². The van der Waals surface area contributed by atoms with E-state index in [4.69, 9.17) is 16.3 Å². The van der Waals surface area contributed by atoms with Gasteiger partial charge in [0.2, 0.25) is 0 Å². The van der Waals surface area contributed by atoms with Crippen molar-refractivity contribution in [1.29, 1.82) is 0 Å². The van der Waals surface area contributed by atoms with Gasteiger partial charge in [0.1, 0.15) is 6.61 Å². The quantitative estimate of drug-likeness (QED) is 0.204. The summed E-state index contributed by atoms with van der Waals surface area (Å²) >= 11 is 5.74. The van der Waals surface area contributed by atoms with E-state index in [1.54, 1.807) is 6.92 Å². The zero-order chi connectivity index (χ0) is 17.0. The second-order valence-electron chi connectivity index (χ2n) is 6.49. The molecule has 3 unspecified atom stereocenters. The van der Waals surface area contributed by atoms with E-state index in [0.717, 1.165) is 17.9 Å². The SMILES string of the molecule is CCC(C)CCCC(C)CC=CC(C)=CC(=O)OCC(C)Cl. The van der Waals surface area contributed by atoms with Crippen molar-refractivity contribution in [1.82, 2.24) is 0 Å². The molecule has 0 radical (unpaired) electrons. The number of carbonyl (C=O) groups excluding carboxylic acids is 1. The van der Waals surface area contributed by atoms with Crippen LogP contribution in [0.1, 0.15) is 66.7 Å². The lowest BCUT2D eigenvalue weighted by atomic mass is 9.95. The lowest BCUT2D eigenvalue weighted by Gasteiger charge is -2.11. The molecule has 0 bridgehead atoms. The lowest BCUT2D eigenvalue weighted by Crippen LogP contribution is -2.09. The topological polar surface area (TPSA) is 26.3 Å². The van der Waals surface area contributed by atoms with Gasteiger partial charge in [0.05, 0.1) is 5.38 Å². The Kier molecular flexibility index (Phi) is 12.3. The van der Waals surface area contributed by atoms with Gasteiger partial charge in [-0.1, -0.05) is 58.6 Å². The number of halogens is 1. The highest BCUT2D eigenvalue weighted by Crippen LogP contribution is 2.17. The van der Waals surface area contributed by atoms with Crippen LogP contribution in [0.25, 0.3) is 0 Å². The van der Waals surface area contributed by atoms with Crippen LogP contribution in [0, 0.1) is 11.8 Å². The van der Waals surface area contributed by atoms with Gasteiger partial charge in [-0.3, -0.25) is 0 Å². The van der Waals surface area contributed by atoms with E-state index < -0.39 is 0 Å². The van der Waals surface area contributed by atoms with E-state index in [2.05, 4.69) is 26.8 Å². The minimum atomic E-state index is -0.323. The highest BCUT2D eigenvalue weighted by atomic mass is 35.5. The molecule has 0 saturated heterocycles. The van der Waals surface area contributed by atoms with Crippen molar-refractivity contribution in [3.05, 3.63) is 23.8 Å². The maximum atomic E-state index is 11.5. The van der Waals surface area contributed by atoms with Crippen molar-refractivity contribution < 1.29 is 9.53 Å². The number of hydrogen-bond acceptors (Lipinski definition) is 2. The normalized spacial score (nSPS) is 16.5. The van der Waals surface area contributed by atoms with E-state index in [1.807, 2.05) is 13.0 Å². The van der Waals surface area contributed by atoms with Crippen LogP contribution in [0.15, 0.2) is 23.8 Å². The summed E-state index contributed by atoms with van der Waals surface area (Å²) in [6.07, 6.45) is 11.9. The summed E-state index contributed by atoms with van der Waals surface area (Å²) in [7, 11) is 0. The first-order valence-electron chi connectivity index (χ1n) is 8.50. The van der Waals surface area contributed by atoms with Crippen LogP contribution in [0.5, 0.6) is 0 Å². The summed E-state index contributed by atoms with van der Waals surface area (Å²) < 4.78 is 5.01. The van der Waals surface area contributed by atoms with Crippen LogP contribution < -0.4 is 0 Å². The molecule has 0 aliphatic carbocycles. The van der Waals surface area contributed by atoms with Crippen LogP contribution in [0.3, 0.4) is 0 Å². The fourth-order valence-electron chi connectivity index (χ4n) is 2.10. The van der Waals surface area contributed by atoms with Gasteiger partial charge in [0, 0.05) is 6.08 Å². The van der Waals surface area contributed by atoms with Gasteiger partial charge in [-0.25, -0.2) is 4.79 Å². The highest BCUT2D eigenvalue weighted by Gasteiger charge is 2.04. The summed E-state index contributed by atoms with van der Waals surface area (Å²) in [5, 5.41) is -0.149. The van der Waals surface area contributed by atoms with Crippen molar-refractivity contribution in [2.24, 2.45) is 11.8 Å². The van der Waals surface area contributed by atoms with E-state index in [0.29, 0.717) is 5.92 Å². The van der Waals surface area contributed by atoms with Gasteiger partial charge in [0.25, 0.3) is 0 Å². The number of allylic oxidation sites excluding steroid dienone is 3. The minimum Gasteiger partial charge on any atom is -0.461 e. The van der Waals surface area contributed by atoms with Gasteiger partial charge >= 0.3 is 5.97 Å². The number of hydrogen-bond donors (Lipinski definition) is 0. The van der Waals surface area contributed by atoms with E-state index in [9.17, 15) is 4.79 Å². The monoisotopic (exact) mass is 328 g/mol. The molecule has 0 aromatic carbocycles. The molecule has 3 atom stereocenters. The molecule has 0 aliphatic rings. The molecule has 22 heavy (non-hydrogen) atoms. The Bertz CT molecular complexity index is 358. The average Bonchev–Trinajstić information content (AvgIpc) is 2.44. The van der Waals surface area contributed by atoms with E-state index in [1.165, 1.54) is 31.8 Å². The van der Waals surface area contributed by atoms with Gasteiger partial charge in [-0.05, 0) is 37.7 Å². The zero-order valence-electron chi connectivity index (χ0n) is 14.9. The molecule has 0 rings (SSSR count). The Morgan fingerprint density at radius 1 is 1.18 bits per heavy atom. The first-order valence-corrected chi connectivity index (χ1v) is 8.94. The maximum Gasteiger partial charge on any atom is 0.331 e. The third kappa shape index (κ3) is 12.9. The minimum absolute atomic E-state index is 0.149. The summed E-state index contributed by atoms with van der Waals surface area (Å²) in [5.41, 5.74) is 0.916. The average molecular weight is 329 g/mol. The van der Waals surface area contributed by atoms with Crippen LogP contribution in [0.2, 0.25) is 0 Å². The van der Waals surface area contributed by atoms with Crippen LogP contribution >= 0.6 is 11.6 Å². The maximum absolute atomic E-state index is 11.5. The lowest BCUT2D eigenvalue weighted by molar-refractivity contribution is -0.137. The summed E-state index contributed by atoms with van der Waals surface area (Å²) in [5.74, 6) is 1.21. The van der Waals surface area contributed by atoms with Crippen LogP contribution in [0.4, 0.5) is 0 Å². The molecule has 0 heterocycles. The third-order valence-electron chi connectivity index (χ3n) is 3.81. The van der Waals surface area contributed by atoms with Crippen molar-refractivity contribution in [3.8, 4) is 0 Å². The molecule has 0 saturated carbocycles. The zero-order valence-corrected chi connectivity index (χ0v) is 15.7. The molecule has 0 N–H and O–H groups in total. The second-order valence-corrected chi connectivity index (χ2v) is 7.23. The Labute approximate surface area is 142 Å². The van der Waals surface area contributed by atoms with E-state index >= 15 is 0 Å². The predicted octanol–water partition coefficient (Wildman–Crippen LogP) is 5.90. The molecular formula is C19H33ClO2. The second kappa shape index (κ2) is 12.8. The van der Waals surface area contributed by atoms with Crippen molar-refractivity contribution >= 4 is 17.6 Å². The number of rotatable bonds is 11. The van der Waals surface area contributed by atoms with E-state index in [-0.39, 0.29) is 18.0 Å². The summed E-state index contributed by atoms with van der Waals surface area (Å²) in [6.45, 7) is 10.8. The standard InChI is InChI=1S/C19H33ClO2/c1-6-15(2)9-7-10-16(3)11-8-12-17(4)13-19(21)22-14-18(5)20/h8,12-13,15-16,18H,6-7,9-11,14H2,1-5H3. The molecule has 0 spiro atoms. The molecule has 128 valence electrons. The van der Waals surface area contributed by atoms with Gasteiger partial charge in [0.15, 0.2) is 0 Å². The van der Waals surface area contributed by atoms with Crippen molar-refractivity contribution in [2.45, 2.75) is 72.1 Å². The Balaban J connectivity index is 3.96. The van der Waals surface area contributed by atoms with Crippen molar-refractivity contribution in [2.75, 3.05) is 6.61 Å². The van der Waals surface area contributed by atoms with Crippen LogP contribution in [-0.2, 0) is 9.53 Å². The van der Waals surface area contributed by atoms with Gasteiger partial charge in [-0.15, -0.1) is 11.6 Å². The summed E-state index contributed by atoms with van der Waals surface area (Å²) in [4.78, 5) is 11.5. The molecule has 0 fully saturated rings. The third-order valence-corrected chi connectivity index (χ3v) is 3.94. The molecular weight excluding hydrogens is 296 g/mol.